The van der Waals surface area contributed by atoms with Crippen LogP contribution in [0.3, 0.4) is 0 Å². The molecule has 0 radical (unpaired) electrons. The molecule has 11 heteroatoms. The van der Waals surface area contributed by atoms with Crippen LogP contribution in [-0.2, 0) is 21.4 Å². The van der Waals surface area contributed by atoms with Crippen molar-refractivity contribution in [3.05, 3.63) is 99.2 Å². The average molecular weight is 617 g/mol. The molecule has 0 bridgehead atoms. The van der Waals surface area contributed by atoms with E-state index in [1.807, 2.05) is 59.3 Å². The van der Waals surface area contributed by atoms with Crippen LogP contribution in [0.4, 0.5) is 0 Å². The van der Waals surface area contributed by atoms with Crippen molar-refractivity contribution in [2.75, 3.05) is 25.4 Å². The molecule has 41 heavy (non-hydrogen) atoms. The van der Waals surface area contributed by atoms with Gasteiger partial charge in [-0.05, 0) is 65.9 Å². The fourth-order valence-electron chi connectivity index (χ4n) is 5.61. The largest absolute Gasteiger partial charge is 0.481 e. The molecule has 3 aromatic carbocycles. The van der Waals surface area contributed by atoms with Crippen LogP contribution in [0.1, 0.15) is 53.5 Å². The lowest BCUT2D eigenvalue weighted by Crippen LogP contribution is -2.39. The minimum atomic E-state index is -3.64. The van der Waals surface area contributed by atoms with Gasteiger partial charge in [-0.3, -0.25) is 9.48 Å². The Bertz CT molecular complexity index is 1590. The number of carboxylic acid groups (broad SMARTS) is 1. The van der Waals surface area contributed by atoms with Crippen LogP contribution >= 0.6 is 23.2 Å². The Morgan fingerprint density at radius 2 is 1.49 bits per heavy atom. The molecule has 1 fully saturated rings. The minimum absolute atomic E-state index is 0.0168. The standard InChI is InChI=1S/C30H31Cl2N3O5S/c31-24-6-1-20(2-7-24)29(21-3-8-25(32)9-4-21)23-5-10-27-26(19-23)30(33-35(27)16-17-36)22-11-14-34(15-12-22)41(39,40)18-13-28(37)38/h1-10,19,22,29,36H,11-18H2,(H,37,38). The Morgan fingerprint density at radius 1 is 0.927 bits per heavy atom. The van der Waals surface area contributed by atoms with E-state index in [2.05, 4.69) is 12.1 Å². The Morgan fingerprint density at radius 3 is 2.02 bits per heavy atom. The molecular weight excluding hydrogens is 585 g/mol. The van der Waals surface area contributed by atoms with Gasteiger partial charge in [-0.15, -0.1) is 0 Å². The summed E-state index contributed by atoms with van der Waals surface area (Å²) >= 11 is 12.4. The third kappa shape index (κ3) is 6.60. The van der Waals surface area contributed by atoms with E-state index in [0.29, 0.717) is 42.5 Å². The van der Waals surface area contributed by atoms with Gasteiger partial charge < -0.3 is 10.2 Å². The van der Waals surface area contributed by atoms with Gasteiger partial charge in [0, 0.05) is 40.4 Å². The molecular formula is C30H31Cl2N3O5S. The molecule has 2 heterocycles. The first-order valence-electron chi connectivity index (χ1n) is 13.5. The molecule has 0 saturated carbocycles. The highest BCUT2D eigenvalue weighted by Crippen LogP contribution is 2.38. The second-order valence-corrected chi connectivity index (χ2v) is 13.2. The highest BCUT2D eigenvalue weighted by Gasteiger charge is 2.31. The van der Waals surface area contributed by atoms with Crippen LogP contribution < -0.4 is 0 Å². The van der Waals surface area contributed by atoms with Gasteiger partial charge in [0.05, 0.1) is 36.5 Å². The summed E-state index contributed by atoms with van der Waals surface area (Å²) in [6.07, 6.45) is 0.725. The van der Waals surface area contributed by atoms with Gasteiger partial charge in [0.25, 0.3) is 0 Å². The first-order valence-corrected chi connectivity index (χ1v) is 15.8. The number of hydrogen-bond acceptors (Lipinski definition) is 5. The second-order valence-electron chi connectivity index (χ2n) is 10.3. The van der Waals surface area contributed by atoms with Gasteiger partial charge in [-0.2, -0.15) is 5.10 Å². The number of carbonyl (C=O) groups is 1. The Labute approximate surface area is 249 Å². The topological polar surface area (TPSA) is 113 Å². The molecule has 5 rings (SSSR count). The normalized spacial score (nSPS) is 15.1. The van der Waals surface area contributed by atoms with Crippen molar-refractivity contribution in [1.82, 2.24) is 14.1 Å². The van der Waals surface area contributed by atoms with Crippen molar-refractivity contribution in [2.24, 2.45) is 0 Å². The lowest BCUT2D eigenvalue weighted by atomic mass is 9.84. The van der Waals surface area contributed by atoms with Crippen LogP contribution in [-0.4, -0.2) is 64.1 Å². The van der Waals surface area contributed by atoms with Crippen LogP contribution in [0, 0.1) is 0 Å². The lowest BCUT2D eigenvalue weighted by molar-refractivity contribution is -0.136. The summed E-state index contributed by atoms with van der Waals surface area (Å²) in [5.41, 5.74) is 4.98. The number of aliphatic carboxylic acids is 1. The van der Waals surface area contributed by atoms with Crippen LogP contribution in [0.2, 0.25) is 10.0 Å². The van der Waals surface area contributed by atoms with E-state index >= 15 is 0 Å². The number of hydrogen-bond donors (Lipinski definition) is 2. The van der Waals surface area contributed by atoms with Crippen molar-refractivity contribution >= 4 is 50.1 Å². The predicted molar refractivity (Wildman–Crippen MR) is 160 cm³/mol. The first-order chi connectivity index (χ1) is 19.7. The van der Waals surface area contributed by atoms with E-state index in [9.17, 15) is 18.3 Å². The molecule has 1 aliphatic rings. The van der Waals surface area contributed by atoms with Crippen LogP contribution in [0.15, 0.2) is 66.7 Å². The Kier molecular flexibility index (Phi) is 9.01. The Balaban J connectivity index is 1.51. The number of carboxylic acids is 1. The maximum atomic E-state index is 12.7. The summed E-state index contributed by atoms with van der Waals surface area (Å²) in [7, 11) is -3.64. The summed E-state index contributed by atoms with van der Waals surface area (Å²) in [5, 5.41) is 25.8. The minimum Gasteiger partial charge on any atom is -0.481 e. The number of benzene rings is 3. The smallest absolute Gasteiger partial charge is 0.304 e. The number of aliphatic hydroxyl groups is 1. The third-order valence-electron chi connectivity index (χ3n) is 7.66. The zero-order valence-electron chi connectivity index (χ0n) is 22.3. The highest BCUT2D eigenvalue weighted by molar-refractivity contribution is 7.89. The molecule has 1 aromatic heterocycles. The van der Waals surface area contributed by atoms with Gasteiger partial charge in [0.2, 0.25) is 10.0 Å². The number of rotatable bonds is 10. The maximum Gasteiger partial charge on any atom is 0.304 e. The summed E-state index contributed by atoms with van der Waals surface area (Å²) < 4.78 is 28.5. The molecule has 8 nitrogen and oxygen atoms in total. The lowest BCUT2D eigenvalue weighted by Gasteiger charge is -2.30. The molecule has 216 valence electrons. The number of halogens is 2. The van der Waals surface area contributed by atoms with E-state index in [-0.39, 0.29) is 18.4 Å². The molecule has 0 unspecified atom stereocenters. The van der Waals surface area contributed by atoms with E-state index in [4.69, 9.17) is 33.4 Å². The van der Waals surface area contributed by atoms with Gasteiger partial charge in [0.1, 0.15) is 0 Å². The number of fused-ring (bicyclic) bond motifs is 1. The molecule has 0 atom stereocenters. The van der Waals surface area contributed by atoms with Gasteiger partial charge in [0.15, 0.2) is 0 Å². The number of nitrogens with zero attached hydrogens (tertiary/aromatic N) is 3. The van der Waals surface area contributed by atoms with Crippen molar-refractivity contribution in [3.8, 4) is 0 Å². The predicted octanol–water partition coefficient (Wildman–Crippen LogP) is 5.50. The third-order valence-corrected chi connectivity index (χ3v) is 10.0. The van der Waals surface area contributed by atoms with Gasteiger partial charge in [-0.25, -0.2) is 12.7 Å². The first kappa shape index (κ1) is 29.5. The molecule has 1 aliphatic heterocycles. The highest BCUT2D eigenvalue weighted by atomic mass is 35.5. The molecule has 0 amide bonds. The van der Waals surface area contributed by atoms with Crippen LogP contribution in [0.5, 0.6) is 0 Å². The van der Waals surface area contributed by atoms with Crippen molar-refractivity contribution in [3.63, 3.8) is 0 Å². The number of sulfonamides is 1. The quantitative estimate of drug-likeness (QED) is 0.228. The molecule has 1 saturated heterocycles. The van der Waals surface area contributed by atoms with E-state index in [1.54, 1.807) is 0 Å². The second kappa shape index (κ2) is 12.5. The van der Waals surface area contributed by atoms with Gasteiger partial charge >= 0.3 is 5.97 Å². The maximum absolute atomic E-state index is 12.7. The zero-order valence-corrected chi connectivity index (χ0v) is 24.6. The molecule has 2 N–H and O–H groups in total. The zero-order chi connectivity index (χ0) is 29.1. The Hall–Kier alpha value is -2.95. The fourth-order valence-corrected chi connectivity index (χ4v) is 7.32. The van der Waals surface area contributed by atoms with Crippen LogP contribution in [0.25, 0.3) is 10.9 Å². The fraction of sp³-hybridized carbons (Fsp3) is 0.333. The average Bonchev–Trinajstić information content (AvgIpc) is 3.32. The number of piperidine rings is 1. The molecule has 0 spiro atoms. The monoisotopic (exact) mass is 615 g/mol. The van der Waals surface area contributed by atoms with Gasteiger partial charge in [-0.1, -0.05) is 53.5 Å². The SMILES string of the molecule is O=C(O)CCS(=O)(=O)N1CCC(c2nn(CCO)c3ccc(C(c4ccc(Cl)cc4)c4ccc(Cl)cc4)cc23)CC1. The molecule has 4 aromatic rings. The molecule has 0 aliphatic carbocycles. The van der Waals surface area contributed by atoms with Crippen molar-refractivity contribution in [1.29, 1.82) is 0 Å². The summed E-state index contributed by atoms with van der Waals surface area (Å²) in [5.74, 6) is -1.61. The van der Waals surface area contributed by atoms with E-state index in [1.165, 1.54) is 4.31 Å². The number of aromatic nitrogens is 2. The van der Waals surface area contributed by atoms with E-state index < -0.39 is 28.2 Å². The summed E-state index contributed by atoms with van der Waals surface area (Å²) in [6.45, 7) is 0.893. The summed E-state index contributed by atoms with van der Waals surface area (Å²) in [4.78, 5) is 10.9. The number of aliphatic hydroxyl groups excluding tert-OH is 1. The van der Waals surface area contributed by atoms with E-state index in [0.717, 1.165) is 33.3 Å². The van der Waals surface area contributed by atoms with Crippen molar-refractivity contribution in [2.45, 2.75) is 37.6 Å². The van der Waals surface area contributed by atoms with Crippen molar-refractivity contribution < 1.29 is 23.4 Å². The summed E-state index contributed by atoms with van der Waals surface area (Å²) in [6, 6.07) is 21.8.